The van der Waals surface area contributed by atoms with Crippen molar-refractivity contribution in [2.75, 3.05) is 47.9 Å². The zero-order valence-corrected chi connectivity index (χ0v) is 17.6. The van der Waals surface area contributed by atoms with Crippen molar-refractivity contribution in [1.82, 2.24) is 15.1 Å². The number of carbonyl (C=O) groups is 1. The lowest BCUT2D eigenvalue weighted by Gasteiger charge is -2.22. The summed E-state index contributed by atoms with van der Waals surface area (Å²) in [5.41, 5.74) is 1.04. The van der Waals surface area contributed by atoms with Crippen LogP contribution in [0.5, 0.6) is 11.5 Å². The highest BCUT2D eigenvalue weighted by Gasteiger charge is 2.08. The fourth-order valence-electron chi connectivity index (χ4n) is 2.51. The van der Waals surface area contributed by atoms with Crippen LogP contribution < -0.4 is 14.8 Å². The Bertz CT molecular complexity index is 794. The minimum atomic E-state index is -0.0757. The Hall–Kier alpha value is -3.22. The molecule has 156 valence electrons. The summed E-state index contributed by atoms with van der Waals surface area (Å²) < 4.78 is 11.3. The molecule has 2 aromatic rings. The van der Waals surface area contributed by atoms with Gasteiger partial charge in [0.2, 0.25) is 0 Å². The third-order valence-corrected chi connectivity index (χ3v) is 4.22. The third-order valence-electron chi connectivity index (χ3n) is 4.22. The monoisotopic (exact) mass is 398 g/mol. The average molecular weight is 399 g/mol. The van der Waals surface area contributed by atoms with Crippen LogP contribution >= 0.6 is 0 Å². The highest BCUT2D eigenvalue weighted by atomic mass is 16.5. The number of aliphatic imine (C=N–C) groups is 1. The molecule has 1 N–H and O–H groups in total. The molecule has 0 saturated carbocycles. The molecule has 0 spiro atoms. The lowest BCUT2D eigenvalue weighted by atomic mass is 10.2. The van der Waals surface area contributed by atoms with E-state index in [1.54, 1.807) is 21.1 Å². The summed E-state index contributed by atoms with van der Waals surface area (Å²) >= 11 is 0. The van der Waals surface area contributed by atoms with Gasteiger partial charge in [0.1, 0.15) is 18.1 Å². The van der Waals surface area contributed by atoms with E-state index in [1.807, 2.05) is 66.5 Å². The Balaban J connectivity index is 1.80. The molecule has 0 aliphatic rings. The maximum absolute atomic E-state index is 11.7. The molecule has 7 heteroatoms. The molecule has 7 nitrogen and oxygen atoms in total. The standard InChI is InChI=1S/C22H30N4O3/c1-23-22(26(4)13-14-28-19-10-6-5-7-11-19)24-16-18-9-8-12-20(15-18)29-17-21(27)25(2)3/h5-12,15H,13-14,16-17H2,1-4H3,(H,23,24). The van der Waals surface area contributed by atoms with Gasteiger partial charge in [0, 0.05) is 34.7 Å². The summed E-state index contributed by atoms with van der Waals surface area (Å²) in [5, 5.41) is 3.33. The molecule has 2 aromatic carbocycles. The Kier molecular flexibility index (Phi) is 8.82. The third kappa shape index (κ3) is 7.73. The lowest BCUT2D eigenvalue weighted by Crippen LogP contribution is -2.40. The molecule has 29 heavy (non-hydrogen) atoms. The second kappa shape index (κ2) is 11.6. The Morgan fingerprint density at radius 2 is 1.72 bits per heavy atom. The van der Waals surface area contributed by atoms with E-state index >= 15 is 0 Å². The molecule has 0 aliphatic heterocycles. The van der Waals surface area contributed by atoms with Crippen LogP contribution in [0.4, 0.5) is 0 Å². The first-order valence-electron chi connectivity index (χ1n) is 9.51. The second-order valence-corrected chi connectivity index (χ2v) is 6.71. The van der Waals surface area contributed by atoms with E-state index in [1.165, 1.54) is 4.90 Å². The number of benzene rings is 2. The van der Waals surface area contributed by atoms with Crippen molar-refractivity contribution in [3.8, 4) is 11.5 Å². The number of rotatable bonds is 9. The summed E-state index contributed by atoms with van der Waals surface area (Å²) in [7, 11) is 7.14. The molecule has 0 radical (unpaired) electrons. The molecule has 0 atom stereocenters. The fourth-order valence-corrected chi connectivity index (χ4v) is 2.51. The van der Waals surface area contributed by atoms with E-state index < -0.39 is 0 Å². The number of ether oxygens (including phenoxy) is 2. The Morgan fingerprint density at radius 1 is 1.00 bits per heavy atom. The number of carbonyl (C=O) groups excluding carboxylic acids is 1. The molecular weight excluding hydrogens is 368 g/mol. The van der Waals surface area contributed by atoms with Crippen LogP contribution in [-0.4, -0.2) is 69.6 Å². The van der Waals surface area contributed by atoms with Crippen LogP contribution in [0.15, 0.2) is 59.6 Å². The van der Waals surface area contributed by atoms with Crippen LogP contribution in [0, 0.1) is 0 Å². The molecule has 1 amide bonds. The number of nitrogens with zero attached hydrogens (tertiary/aromatic N) is 3. The quantitative estimate of drug-likeness (QED) is 0.518. The minimum Gasteiger partial charge on any atom is -0.492 e. The first-order valence-corrected chi connectivity index (χ1v) is 9.51. The highest BCUT2D eigenvalue weighted by molar-refractivity contribution is 5.79. The molecule has 0 aliphatic carbocycles. The maximum atomic E-state index is 11.7. The fraction of sp³-hybridized carbons (Fsp3) is 0.364. The molecular formula is C22H30N4O3. The van der Waals surface area contributed by atoms with Gasteiger partial charge in [-0.3, -0.25) is 9.79 Å². The first kappa shape index (κ1) is 22.1. The van der Waals surface area contributed by atoms with E-state index in [2.05, 4.69) is 10.3 Å². The zero-order chi connectivity index (χ0) is 21.1. The lowest BCUT2D eigenvalue weighted by molar-refractivity contribution is -0.130. The van der Waals surface area contributed by atoms with E-state index in [9.17, 15) is 4.79 Å². The maximum Gasteiger partial charge on any atom is 0.259 e. The van der Waals surface area contributed by atoms with Crippen LogP contribution in [0.1, 0.15) is 5.56 Å². The summed E-state index contributed by atoms with van der Waals surface area (Å²) in [6, 6.07) is 17.4. The topological polar surface area (TPSA) is 66.4 Å². The zero-order valence-electron chi connectivity index (χ0n) is 17.6. The number of para-hydroxylation sites is 1. The van der Waals surface area contributed by atoms with Gasteiger partial charge in [-0.05, 0) is 29.8 Å². The SMILES string of the molecule is CN=C(NCc1cccc(OCC(=O)N(C)C)c1)N(C)CCOc1ccccc1. The molecule has 0 heterocycles. The average Bonchev–Trinajstić information content (AvgIpc) is 2.73. The predicted molar refractivity (Wildman–Crippen MR) is 115 cm³/mol. The van der Waals surface area contributed by atoms with Crippen molar-refractivity contribution in [3.05, 3.63) is 60.2 Å². The Morgan fingerprint density at radius 3 is 2.41 bits per heavy atom. The van der Waals surface area contributed by atoms with E-state index in [0.717, 1.165) is 17.3 Å². The molecule has 2 rings (SSSR count). The van der Waals surface area contributed by atoms with Gasteiger partial charge in [-0.1, -0.05) is 30.3 Å². The van der Waals surface area contributed by atoms with Crippen molar-refractivity contribution in [1.29, 1.82) is 0 Å². The van der Waals surface area contributed by atoms with Crippen molar-refractivity contribution >= 4 is 11.9 Å². The number of amides is 1. The summed E-state index contributed by atoms with van der Waals surface area (Å²) in [5.74, 6) is 2.22. The second-order valence-electron chi connectivity index (χ2n) is 6.71. The van der Waals surface area contributed by atoms with Gasteiger partial charge >= 0.3 is 0 Å². The van der Waals surface area contributed by atoms with Crippen LogP contribution in [-0.2, 0) is 11.3 Å². The van der Waals surface area contributed by atoms with Gasteiger partial charge in [-0.15, -0.1) is 0 Å². The summed E-state index contributed by atoms with van der Waals surface area (Å²) in [6.07, 6.45) is 0. The molecule has 0 saturated heterocycles. The molecule has 0 bridgehead atoms. The van der Waals surface area contributed by atoms with Crippen molar-refractivity contribution < 1.29 is 14.3 Å². The smallest absolute Gasteiger partial charge is 0.259 e. The predicted octanol–water partition coefficient (Wildman–Crippen LogP) is 2.24. The number of hydrogen-bond donors (Lipinski definition) is 1. The van der Waals surface area contributed by atoms with Crippen molar-refractivity contribution in [3.63, 3.8) is 0 Å². The minimum absolute atomic E-state index is 0.0235. The Labute approximate surface area is 172 Å². The van der Waals surface area contributed by atoms with Crippen LogP contribution in [0.3, 0.4) is 0 Å². The van der Waals surface area contributed by atoms with Gasteiger partial charge < -0.3 is 24.6 Å². The van der Waals surface area contributed by atoms with Gasteiger partial charge in [0.15, 0.2) is 12.6 Å². The highest BCUT2D eigenvalue weighted by Crippen LogP contribution is 2.13. The number of hydrogen-bond acceptors (Lipinski definition) is 4. The van der Waals surface area contributed by atoms with E-state index in [0.29, 0.717) is 25.4 Å². The van der Waals surface area contributed by atoms with Gasteiger partial charge in [0.05, 0.1) is 6.54 Å². The van der Waals surface area contributed by atoms with Crippen molar-refractivity contribution in [2.45, 2.75) is 6.54 Å². The summed E-state index contributed by atoms with van der Waals surface area (Å²) in [4.78, 5) is 19.5. The number of guanidine groups is 1. The van der Waals surface area contributed by atoms with Crippen molar-refractivity contribution in [2.24, 2.45) is 4.99 Å². The normalized spacial score (nSPS) is 11.0. The number of likely N-dealkylation sites (N-methyl/N-ethyl adjacent to an activating group) is 2. The van der Waals surface area contributed by atoms with Gasteiger partial charge in [-0.25, -0.2) is 0 Å². The molecule has 0 aromatic heterocycles. The first-order chi connectivity index (χ1) is 14.0. The van der Waals surface area contributed by atoms with E-state index in [-0.39, 0.29) is 12.5 Å². The molecule has 0 unspecified atom stereocenters. The van der Waals surface area contributed by atoms with Gasteiger partial charge in [0.25, 0.3) is 5.91 Å². The molecule has 0 fully saturated rings. The van der Waals surface area contributed by atoms with Gasteiger partial charge in [-0.2, -0.15) is 0 Å². The summed E-state index contributed by atoms with van der Waals surface area (Å²) in [6.45, 7) is 1.87. The van der Waals surface area contributed by atoms with Crippen LogP contribution in [0.25, 0.3) is 0 Å². The van der Waals surface area contributed by atoms with E-state index in [4.69, 9.17) is 9.47 Å². The largest absolute Gasteiger partial charge is 0.492 e. The van der Waals surface area contributed by atoms with Crippen LogP contribution in [0.2, 0.25) is 0 Å². The number of nitrogens with one attached hydrogen (secondary N) is 1.